The van der Waals surface area contributed by atoms with Gasteiger partial charge in [-0.05, 0) is 33.3 Å². The first kappa shape index (κ1) is 16.8. The van der Waals surface area contributed by atoms with E-state index < -0.39 is 12.0 Å². The van der Waals surface area contributed by atoms with Gasteiger partial charge in [-0.3, -0.25) is 9.69 Å². The average Bonchev–Trinajstić information content (AvgIpc) is 2.81. The van der Waals surface area contributed by atoms with Gasteiger partial charge in [0.1, 0.15) is 0 Å². The predicted octanol–water partition coefficient (Wildman–Crippen LogP) is 3.21. The maximum atomic E-state index is 12.7. The SMILES string of the molecule is CCOC(=O)C1=C(C)N=C2S[C@H](C)C(=O)N2[C@H]1c1ccc(C)cc1. The van der Waals surface area contributed by atoms with Crippen LogP contribution in [0.2, 0.25) is 0 Å². The van der Waals surface area contributed by atoms with E-state index in [9.17, 15) is 9.59 Å². The van der Waals surface area contributed by atoms with Gasteiger partial charge in [-0.15, -0.1) is 0 Å². The van der Waals surface area contributed by atoms with E-state index in [0.717, 1.165) is 11.1 Å². The Morgan fingerprint density at radius 1 is 1.29 bits per heavy atom. The number of esters is 1. The summed E-state index contributed by atoms with van der Waals surface area (Å²) in [7, 11) is 0. The molecule has 0 N–H and O–H groups in total. The molecule has 0 aromatic heterocycles. The van der Waals surface area contributed by atoms with E-state index in [1.807, 2.05) is 38.1 Å². The van der Waals surface area contributed by atoms with Gasteiger partial charge in [0, 0.05) is 0 Å². The summed E-state index contributed by atoms with van der Waals surface area (Å²) in [5.74, 6) is -0.445. The highest BCUT2D eigenvalue weighted by Crippen LogP contribution is 2.43. The molecule has 1 fully saturated rings. The van der Waals surface area contributed by atoms with Crippen LogP contribution in [0.4, 0.5) is 0 Å². The van der Waals surface area contributed by atoms with Crippen molar-refractivity contribution in [1.29, 1.82) is 0 Å². The van der Waals surface area contributed by atoms with E-state index in [-0.39, 0.29) is 17.8 Å². The Bertz CT molecular complexity index is 752. The topological polar surface area (TPSA) is 59.0 Å². The van der Waals surface area contributed by atoms with Crippen LogP contribution in [0.15, 0.2) is 40.5 Å². The molecule has 1 aromatic rings. The molecule has 1 aromatic carbocycles. The lowest BCUT2D eigenvalue weighted by Crippen LogP contribution is -2.40. The second-order valence-electron chi connectivity index (χ2n) is 5.90. The minimum absolute atomic E-state index is 0.0291. The summed E-state index contributed by atoms with van der Waals surface area (Å²) in [5.41, 5.74) is 3.06. The van der Waals surface area contributed by atoms with Crippen molar-refractivity contribution in [3.05, 3.63) is 46.7 Å². The van der Waals surface area contributed by atoms with Gasteiger partial charge in [0.2, 0.25) is 5.91 Å². The Morgan fingerprint density at radius 3 is 2.58 bits per heavy atom. The number of carbonyl (C=O) groups is 2. The molecule has 2 heterocycles. The van der Waals surface area contributed by atoms with Crippen LogP contribution < -0.4 is 0 Å². The molecular weight excluding hydrogens is 324 g/mol. The van der Waals surface area contributed by atoms with Crippen molar-refractivity contribution in [1.82, 2.24) is 4.90 Å². The summed E-state index contributed by atoms with van der Waals surface area (Å²) < 4.78 is 5.23. The van der Waals surface area contributed by atoms with Crippen LogP contribution in [0.25, 0.3) is 0 Å². The minimum atomic E-state index is -0.484. The Labute approximate surface area is 145 Å². The Kier molecular flexibility index (Phi) is 4.49. The van der Waals surface area contributed by atoms with Crippen molar-refractivity contribution in [2.24, 2.45) is 4.99 Å². The van der Waals surface area contributed by atoms with Crippen molar-refractivity contribution in [3.63, 3.8) is 0 Å². The summed E-state index contributed by atoms with van der Waals surface area (Å²) in [6, 6.07) is 7.39. The predicted molar refractivity (Wildman–Crippen MR) is 94.6 cm³/mol. The molecule has 2 atom stereocenters. The number of aryl methyl sites for hydroxylation is 1. The standard InChI is InChI=1S/C18H20N2O3S/c1-5-23-17(22)14-11(3)19-18-20(16(21)12(4)24-18)15(14)13-8-6-10(2)7-9-13/h6-9,12,15H,5H2,1-4H3/t12-,15+/m1/s1. The van der Waals surface area contributed by atoms with Crippen LogP contribution in [0.5, 0.6) is 0 Å². The summed E-state index contributed by atoms with van der Waals surface area (Å²) in [5, 5.41) is 0.453. The zero-order chi connectivity index (χ0) is 17.4. The third-order valence-electron chi connectivity index (χ3n) is 4.15. The molecule has 0 radical (unpaired) electrons. The maximum absolute atomic E-state index is 12.7. The fourth-order valence-electron chi connectivity index (χ4n) is 2.94. The number of allylic oxidation sites excluding steroid dienone is 1. The number of hydrogen-bond donors (Lipinski definition) is 0. The average molecular weight is 344 g/mol. The first-order chi connectivity index (χ1) is 11.4. The van der Waals surface area contributed by atoms with Gasteiger partial charge >= 0.3 is 5.97 Å². The second-order valence-corrected chi connectivity index (χ2v) is 7.20. The summed E-state index contributed by atoms with van der Waals surface area (Å²) in [6.45, 7) is 7.71. The second kappa shape index (κ2) is 6.43. The zero-order valence-corrected chi connectivity index (χ0v) is 15.0. The molecule has 1 saturated heterocycles. The third-order valence-corrected chi connectivity index (χ3v) is 5.20. The van der Waals surface area contributed by atoms with E-state index in [2.05, 4.69) is 4.99 Å². The summed E-state index contributed by atoms with van der Waals surface area (Å²) in [4.78, 5) is 31.3. The van der Waals surface area contributed by atoms with Gasteiger partial charge in [-0.25, -0.2) is 9.79 Å². The van der Waals surface area contributed by atoms with E-state index in [4.69, 9.17) is 4.74 Å². The Morgan fingerprint density at radius 2 is 1.96 bits per heavy atom. The highest BCUT2D eigenvalue weighted by molar-refractivity contribution is 8.15. The normalized spacial score (nSPS) is 23.2. The third kappa shape index (κ3) is 2.75. The largest absolute Gasteiger partial charge is 0.463 e. The number of aliphatic imine (C=N–C) groups is 1. The zero-order valence-electron chi connectivity index (χ0n) is 14.2. The molecule has 6 heteroatoms. The van der Waals surface area contributed by atoms with Crippen LogP contribution in [0.1, 0.15) is 37.9 Å². The van der Waals surface area contributed by atoms with Crippen molar-refractivity contribution in [3.8, 4) is 0 Å². The number of fused-ring (bicyclic) bond motifs is 1. The molecule has 1 amide bonds. The van der Waals surface area contributed by atoms with Crippen molar-refractivity contribution in [2.75, 3.05) is 6.61 Å². The maximum Gasteiger partial charge on any atom is 0.338 e. The van der Waals surface area contributed by atoms with Gasteiger partial charge in [0.05, 0.1) is 29.2 Å². The number of benzene rings is 1. The number of thioether (sulfide) groups is 1. The number of nitrogens with zero attached hydrogens (tertiary/aromatic N) is 2. The molecule has 24 heavy (non-hydrogen) atoms. The summed E-state index contributed by atoms with van der Waals surface area (Å²) in [6.07, 6.45) is 0. The lowest BCUT2D eigenvalue weighted by molar-refractivity contribution is -0.139. The van der Waals surface area contributed by atoms with Crippen LogP contribution >= 0.6 is 11.8 Å². The number of amidine groups is 1. The van der Waals surface area contributed by atoms with Crippen LogP contribution in [0.3, 0.4) is 0 Å². The fourth-order valence-corrected chi connectivity index (χ4v) is 3.97. The van der Waals surface area contributed by atoms with Gasteiger partial charge in [-0.2, -0.15) is 0 Å². The van der Waals surface area contributed by atoms with Gasteiger partial charge in [-0.1, -0.05) is 41.6 Å². The molecule has 126 valence electrons. The van der Waals surface area contributed by atoms with Gasteiger partial charge < -0.3 is 4.74 Å². The van der Waals surface area contributed by atoms with Crippen LogP contribution in [-0.2, 0) is 14.3 Å². The number of carbonyl (C=O) groups excluding carboxylic acids is 2. The van der Waals surface area contributed by atoms with Gasteiger partial charge in [0.15, 0.2) is 5.17 Å². The molecule has 0 saturated carbocycles. The van der Waals surface area contributed by atoms with Crippen LogP contribution in [0, 0.1) is 6.92 Å². The lowest BCUT2D eigenvalue weighted by Gasteiger charge is -2.33. The molecule has 2 aliphatic rings. The minimum Gasteiger partial charge on any atom is -0.463 e. The molecule has 0 aliphatic carbocycles. The van der Waals surface area contributed by atoms with E-state index in [0.29, 0.717) is 16.4 Å². The molecule has 0 unspecified atom stereocenters. The van der Waals surface area contributed by atoms with E-state index >= 15 is 0 Å². The van der Waals surface area contributed by atoms with E-state index in [1.54, 1.807) is 18.7 Å². The molecule has 0 spiro atoms. The number of ether oxygens (including phenoxy) is 1. The monoisotopic (exact) mass is 344 g/mol. The quantitative estimate of drug-likeness (QED) is 0.790. The molecule has 5 nitrogen and oxygen atoms in total. The van der Waals surface area contributed by atoms with Crippen LogP contribution in [-0.4, -0.2) is 33.8 Å². The van der Waals surface area contributed by atoms with E-state index in [1.165, 1.54) is 11.8 Å². The smallest absolute Gasteiger partial charge is 0.338 e. The highest BCUT2D eigenvalue weighted by Gasteiger charge is 2.46. The lowest BCUT2D eigenvalue weighted by atomic mass is 9.93. The van der Waals surface area contributed by atoms with Crippen molar-refractivity contribution < 1.29 is 14.3 Å². The van der Waals surface area contributed by atoms with Crippen molar-refractivity contribution >= 4 is 28.8 Å². The number of amides is 1. The number of rotatable bonds is 3. The molecule has 2 aliphatic heterocycles. The first-order valence-electron chi connectivity index (χ1n) is 7.97. The molecular formula is C18H20N2O3S. The van der Waals surface area contributed by atoms with Crippen molar-refractivity contribution in [2.45, 2.75) is 39.0 Å². The highest BCUT2D eigenvalue weighted by atomic mass is 32.2. The number of hydrogen-bond acceptors (Lipinski definition) is 5. The first-order valence-corrected chi connectivity index (χ1v) is 8.85. The Balaban J connectivity index is 2.14. The molecule has 0 bridgehead atoms. The molecule has 3 rings (SSSR count). The Hall–Kier alpha value is -2.08. The summed E-state index contributed by atoms with van der Waals surface area (Å²) >= 11 is 1.43. The van der Waals surface area contributed by atoms with Gasteiger partial charge in [0.25, 0.3) is 0 Å². The fraction of sp³-hybridized carbons (Fsp3) is 0.389.